The minimum absolute atomic E-state index is 0.00964. The summed E-state index contributed by atoms with van der Waals surface area (Å²) in [6, 6.07) is 3.96. The first kappa shape index (κ1) is 12.6. The molecule has 0 bridgehead atoms. The van der Waals surface area contributed by atoms with Gasteiger partial charge in [-0.15, -0.1) is 0 Å². The molecule has 0 aliphatic rings. The summed E-state index contributed by atoms with van der Waals surface area (Å²) in [4.78, 5) is 14.4. The maximum absolute atomic E-state index is 10.3. The fourth-order valence-electron chi connectivity index (χ4n) is 1.22. The monoisotopic (exact) mass is 223 g/mol. The number of primary amides is 1. The van der Waals surface area contributed by atoms with Gasteiger partial charge in [0, 0.05) is 18.9 Å². The Bertz CT molecular complexity index is 303. The predicted molar refractivity (Wildman–Crippen MR) is 60.8 cm³/mol. The first-order valence-corrected chi connectivity index (χ1v) is 5.24. The molecule has 0 fully saturated rings. The van der Waals surface area contributed by atoms with E-state index in [9.17, 15) is 4.79 Å². The fourth-order valence-corrected chi connectivity index (χ4v) is 1.22. The first-order valence-electron chi connectivity index (χ1n) is 5.24. The van der Waals surface area contributed by atoms with Gasteiger partial charge < -0.3 is 15.8 Å². The molecule has 1 heterocycles. The molecule has 0 aromatic carbocycles. The minimum atomic E-state index is -0.435. The molecule has 1 aromatic heterocycles. The summed E-state index contributed by atoms with van der Waals surface area (Å²) in [5.74, 6) is -0.435. The van der Waals surface area contributed by atoms with Crippen LogP contribution in [0.4, 0.5) is 0 Å². The minimum Gasteiger partial charge on any atom is -0.370 e. The maximum Gasteiger partial charge on any atom is 0.243 e. The number of aromatic nitrogens is 1. The average molecular weight is 223 g/mol. The summed E-state index contributed by atoms with van der Waals surface area (Å²) < 4.78 is 5.00. The van der Waals surface area contributed by atoms with E-state index in [-0.39, 0.29) is 6.61 Å². The van der Waals surface area contributed by atoms with Crippen molar-refractivity contribution in [2.45, 2.75) is 6.42 Å². The summed E-state index contributed by atoms with van der Waals surface area (Å²) in [6.07, 6.45) is 4.55. The molecule has 1 aromatic rings. The third-order valence-electron chi connectivity index (χ3n) is 1.98. The summed E-state index contributed by atoms with van der Waals surface area (Å²) in [6.45, 7) is 2.07. The first-order chi connectivity index (χ1) is 7.79. The number of rotatable bonds is 8. The number of carbonyl (C=O) groups is 1. The number of hydrogen-bond acceptors (Lipinski definition) is 4. The van der Waals surface area contributed by atoms with Crippen LogP contribution in [0.1, 0.15) is 5.56 Å². The van der Waals surface area contributed by atoms with Gasteiger partial charge in [0.05, 0.1) is 6.61 Å². The number of amides is 1. The molecule has 0 saturated heterocycles. The number of hydrogen-bond donors (Lipinski definition) is 2. The van der Waals surface area contributed by atoms with Crippen molar-refractivity contribution in [3.8, 4) is 0 Å². The van der Waals surface area contributed by atoms with Crippen LogP contribution in [0.5, 0.6) is 0 Å². The molecule has 3 N–H and O–H groups in total. The van der Waals surface area contributed by atoms with Crippen LogP contribution in [0.2, 0.25) is 0 Å². The molecule has 0 aliphatic heterocycles. The van der Waals surface area contributed by atoms with E-state index >= 15 is 0 Å². The van der Waals surface area contributed by atoms with Crippen LogP contribution in [0.15, 0.2) is 24.5 Å². The number of pyridine rings is 1. The molecule has 0 saturated carbocycles. The van der Waals surface area contributed by atoms with Crippen LogP contribution in [-0.2, 0) is 16.0 Å². The largest absolute Gasteiger partial charge is 0.370 e. The number of ether oxygens (including phenoxy) is 1. The second-order valence-electron chi connectivity index (χ2n) is 3.38. The van der Waals surface area contributed by atoms with Gasteiger partial charge in [-0.05, 0) is 24.6 Å². The number of nitrogens with one attached hydrogen (secondary N) is 1. The lowest BCUT2D eigenvalue weighted by Gasteiger charge is -2.04. The normalized spacial score (nSPS) is 10.2. The van der Waals surface area contributed by atoms with Crippen LogP contribution >= 0.6 is 0 Å². The molecule has 16 heavy (non-hydrogen) atoms. The highest BCUT2D eigenvalue weighted by molar-refractivity contribution is 5.74. The zero-order valence-corrected chi connectivity index (χ0v) is 9.19. The summed E-state index contributed by atoms with van der Waals surface area (Å²) >= 11 is 0. The quantitative estimate of drug-likeness (QED) is 0.594. The molecule has 0 aliphatic carbocycles. The Balaban J connectivity index is 1.94. The Hall–Kier alpha value is -1.46. The van der Waals surface area contributed by atoms with E-state index in [0.29, 0.717) is 13.2 Å². The Labute approximate surface area is 95.0 Å². The van der Waals surface area contributed by atoms with Crippen molar-refractivity contribution >= 4 is 5.91 Å². The molecule has 1 amide bonds. The second kappa shape index (κ2) is 7.78. The molecule has 5 nitrogen and oxygen atoms in total. The van der Waals surface area contributed by atoms with Crippen molar-refractivity contribution in [1.29, 1.82) is 0 Å². The molecule has 0 radical (unpaired) electrons. The van der Waals surface area contributed by atoms with Crippen LogP contribution in [0.25, 0.3) is 0 Å². The highest BCUT2D eigenvalue weighted by Crippen LogP contribution is 1.94. The molecule has 5 heteroatoms. The third kappa shape index (κ3) is 6.10. The molecular formula is C11H17N3O2. The van der Waals surface area contributed by atoms with E-state index in [1.807, 2.05) is 18.3 Å². The molecule has 1 rings (SSSR count). The van der Waals surface area contributed by atoms with Crippen LogP contribution in [0, 0.1) is 0 Å². The van der Waals surface area contributed by atoms with E-state index in [0.717, 1.165) is 13.0 Å². The van der Waals surface area contributed by atoms with Crippen molar-refractivity contribution in [2.75, 3.05) is 26.3 Å². The zero-order chi connectivity index (χ0) is 11.6. The average Bonchev–Trinajstić information content (AvgIpc) is 2.29. The molecule has 88 valence electrons. The Morgan fingerprint density at radius 3 is 3.06 bits per heavy atom. The lowest BCUT2D eigenvalue weighted by molar-refractivity contribution is -0.122. The Morgan fingerprint density at radius 1 is 1.50 bits per heavy atom. The van der Waals surface area contributed by atoms with Crippen molar-refractivity contribution in [3.63, 3.8) is 0 Å². The third-order valence-corrected chi connectivity index (χ3v) is 1.98. The zero-order valence-electron chi connectivity index (χ0n) is 9.19. The highest BCUT2D eigenvalue weighted by atomic mass is 16.5. The van der Waals surface area contributed by atoms with Gasteiger partial charge in [0.25, 0.3) is 0 Å². The van der Waals surface area contributed by atoms with E-state index in [4.69, 9.17) is 10.5 Å². The van der Waals surface area contributed by atoms with Gasteiger partial charge in [0.1, 0.15) is 6.61 Å². The summed E-state index contributed by atoms with van der Waals surface area (Å²) in [7, 11) is 0. The predicted octanol–water partition coefficient (Wildman–Crippen LogP) is -0.284. The molecule has 0 unspecified atom stereocenters. The topological polar surface area (TPSA) is 77.2 Å². The molecule has 0 spiro atoms. The maximum atomic E-state index is 10.3. The Morgan fingerprint density at radius 2 is 2.38 bits per heavy atom. The SMILES string of the molecule is NC(=O)COCCNCCc1cccnc1. The van der Waals surface area contributed by atoms with Crippen LogP contribution < -0.4 is 11.1 Å². The number of carbonyl (C=O) groups excluding carboxylic acids is 1. The molecule has 0 atom stereocenters. The van der Waals surface area contributed by atoms with Gasteiger partial charge in [0.15, 0.2) is 0 Å². The lowest BCUT2D eigenvalue weighted by atomic mass is 10.2. The van der Waals surface area contributed by atoms with E-state index in [2.05, 4.69) is 10.3 Å². The standard InChI is InChI=1S/C11H17N3O2/c12-11(15)9-16-7-6-13-5-3-10-2-1-4-14-8-10/h1-2,4,8,13H,3,5-7,9H2,(H2,12,15). The van der Waals surface area contributed by atoms with E-state index < -0.39 is 5.91 Å². The van der Waals surface area contributed by atoms with Gasteiger partial charge in [-0.2, -0.15) is 0 Å². The van der Waals surface area contributed by atoms with Crippen molar-refractivity contribution in [1.82, 2.24) is 10.3 Å². The van der Waals surface area contributed by atoms with Gasteiger partial charge in [-0.3, -0.25) is 9.78 Å². The van der Waals surface area contributed by atoms with E-state index in [1.165, 1.54) is 5.56 Å². The van der Waals surface area contributed by atoms with Crippen molar-refractivity contribution in [2.24, 2.45) is 5.73 Å². The highest BCUT2D eigenvalue weighted by Gasteiger charge is 1.94. The van der Waals surface area contributed by atoms with Crippen molar-refractivity contribution in [3.05, 3.63) is 30.1 Å². The van der Waals surface area contributed by atoms with Gasteiger partial charge in [-0.1, -0.05) is 6.07 Å². The van der Waals surface area contributed by atoms with Crippen LogP contribution in [0.3, 0.4) is 0 Å². The Kier molecular flexibility index (Phi) is 6.13. The van der Waals surface area contributed by atoms with Gasteiger partial charge >= 0.3 is 0 Å². The second-order valence-corrected chi connectivity index (χ2v) is 3.38. The van der Waals surface area contributed by atoms with Gasteiger partial charge in [0.2, 0.25) is 5.91 Å². The summed E-state index contributed by atoms with van der Waals surface area (Å²) in [5.41, 5.74) is 6.12. The lowest BCUT2D eigenvalue weighted by Crippen LogP contribution is -2.25. The smallest absolute Gasteiger partial charge is 0.243 e. The number of nitrogens with zero attached hydrogens (tertiary/aromatic N) is 1. The number of nitrogens with two attached hydrogens (primary N) is 1. The van der Waals surface area contributed by atoms with Gasteiger partial charge in [-0.25, -0.2) is 0 Å². The van der Waals surface area contributed by atoms with Crippen LogP contribution in [-0.4, -0.2) is 37.2 Å². The van der Waals surface area contributed by atoms with E-state index in [1.54, 1.807) is 6.20 Å². The fraction of sp³-hybridized carbons (Fsp3) is 0.455. The van der Waals surface area contributed by atoms with Crippen molar-refractivity contribution < 1.29 is 9.53 Å². The summed E-state index contributed by atoms with van der Waals surface area (Å²) in [5, 5.41) is 3.20. The molecular weight excluding hydrogens is 206 g/mol.